The number of esters is 1. The zero-order valence-corrected chi connectivity index (χ0v) is 15.0. The summed E-state index contributed by atoms with van der Waals surface area (Å²) in [6.07, 6.45) is 1.38. The normalized spacial score (nSPS) is 10.8. The summed E-state index contributed by atoms with van der Waals surface area (Å²) in [5.74, 6) is -0.0259. The number of carbonyl (C=O) groups is 2. The zero-order chi connectivity index (χ0) is 19.9. The van der Waals surface area contributed by atoms with Crippen LogP contribution >= 0.6 is 0 Å². The summed E-state index contributed by atoms with van der Waals surface area (Å²) in [7, 11) is 1.32. The van der Waals surface area contributed by atoms with Crippen LogP contribution in [0, 0.1) is 11.3 Å². The monoisotopic (exact) mass is 372 g/mol. The number of hydrogen-bond donors (Lipinski definition) is 1. The summed E-state index contributed by atoms with van der Waals surface area (Å²) in [5, 5.41) is 12.0. The Morgan fingerprint density at radius 1 is 1.04 bits per heavy atom. The van der Waals surface area contributed by atoms with Crippen molar-refractivity contribution in [3.63, 3.8) is 0 Å². The Morgan fingerprint density at radius 3 is 2.39 bits per heavy atom. The molecule has 0 radical (unpaired) electrons. The summed E-state index contributed by atoms with van der Waals surface area (Å²) < 4.78 is 10.4. The summed E-state index contributed by atoms with van der Waals surface area (Å²) in [6.45, 7) is 0. The van der Waals surface area contributed by atoms with Crippen molar-refractivity contribution < 1.29 is 18.7 Å². The topological polar surface area (TPSA) is 92.3 Å². The molecule has 2 aromatic carbocycles. The zero-order valence-electron chi connectivity index (χ0n) is 15.0. The van der Waals surface area contributed by atoms with Crippen molar-refractivity contribution >= 4 is 23.6 Å². The molecule has 1 aromatic heterocycles. The molecule has 138 valence electrons. The Hall–Kier alpha value is -4.11. The molecule has 0 spiro atoms. The molecule has 0 saturated heterocycles. The van der Waals surface area contributed by atoms with Crippen molar-refractivity contribution in [2.24, 2.45) is 0 Å². The molecule has 6 heteroatoms. The third kappa shape index (κ3) is 4.34. The Labute approximate surface area is 161 Å². The predicted octanol–water partition coefficient (Wildman–Crippen LogP) is 4.28. The minimum atomic E-state index is -0.519. The van der Waals surface area contributed by atoms with Gasteiger partial charge in [-0.15, -0.1) is 0 Å². The molecule has 1 heterocycles. The highest BCUT2D eigenvalue weighted by atomic mass is 16.5. The average molecular weight is 372 g/mol. The Morgan fingerprint density at radius 2 is 1.75 bits per heavy atom. The van der Waals surface area contributed by atoms with E-state index in [0.29, 0.717) is 22.8 Å². The van der Waals surface area contributed by atoms with Gasteiger partial charge >= 0.3 is 5.97 Å². The van der Waals surface area contributed by atoms with Crippen LogP contribution in [0.25, 0.3) is 17.4 Å². The minimum absolute atomic E-state index is 0.0780. The van der Waals surface area contributed by atoms with E-state index in [0.717, 1.165) is 5.56 Å². The smallest absolute Gasteiger partial charge is 0.337 e. The number of anilines is 1. The van der Waals surface area contributed by atoms with E-state index in [2.05, 4.69) is 10.1 Å². The van der Waals surface area contributed by atoms with E-state index in [9.17, 15) is 14.9 Å². The van der Waals surface area contributed by atoms with Crippen molar-refractivity contribution in [1.82, 2.24) is 0 Å². The second-order valence-electron chi connectivity index (χ2n) is 5.76. The average Bonchev–Trinajstić information content (AvgIpc) is 3.21. The Bertz CT molecular complexity index is 1060. The number of nitriles is 1. The maximum Gasteiger partial charge on any atom is 0.337 e. The van der Waals surface area contributed by atoms with Gasteiger partial charge in [0.15, 0.2) is 0 Å². The van der Waals surface area contributed by atoms with E-state index < -0.39 is 11.9 Å². The van der Waals surface area contributed by atoms with E-state index in [1.54, 1.807) is 60.7 Å². The number of hydrogen-bond acceptors (Lipinski definition) is 5. The summed E-state index contributed by atoms with van der Waals surface area (Å²) in [5.41, 5.74) is 1.70. The van der Waals surface area contributed by atoms with Crippen LogP contribution in [0.2, 0.25) is 0 Å². The number of methoxy groups -OCH3 is 1. The summed E-state index contributed by atoms with van der Waals surface area (Å²) in [4.78, 5) is 23.8. The molecular formula is C22H16N2O4. The highest BCUT2D eigenvalue weighted by Crippen LogP contribution is 2.24. The van der Waals surface area contributed by atoms with Crippen LogP contribution in [0.15, 0.2) is 76.7 Å². The van der Waals surface area contributed by atoms with E-state index in [-0.39, 0.29) is 5.57 Å². The first-order chi connectivity index (χ1) is 13.6. The number of para-hydroxylation sites is 1. The molecule has 0 bridgehead atoms. The molecular weight excluding hydrogens is 356 g/mol. The Balaban J connectivity index is 1.77. The molecule has 1 N–H and O–H groups in total. The number of nitrogens with one attached hydrogen (secondary N) is 1. The lowest BCUT2D eigenvalue weighted by atomic mass is 10.1. The first-order valence-corrected chi connectivity index (χ1v) is 8.37. The van der Waals surface area contributed by atoms with Crippen molar-refractivity contribution in [2.75, 3.05) is 12.4 Å². The van der Waals surface area contributed by atoms with Crippen LogP contribution in [-0.2, 0) is 9.53 Å². The van der Waals surface area contributed by atoms with Crippen LogP contribution in [0.5, 0.6) is 0 Å². The fraction of sp³-hybridized carbons (Fsp3) is 0.0455. The molecule has 0 aliphatic rings. The number of ether oxygens (including phenoxy) is 1. The lowest BCUT2D eigenvalue weighted by molar-refractivity contribution is -0.112. The van der Waals surface area contributed by atoms with Crippen molar-refractivity contribution in [1.29, 1.82) is 5.26 Å². The molecule has 6 nitrogen and oxygen atoms in total. The van der Waals surface area contributed by atoms with Gasteiger partial charge < -0.3 is 14.5 Å². The quantitative estimate of drug-likeness (QED) is 0.410. The van der Waals surface area contributed by atoms with Gasteiger partial charge in [-0.1, -0.05) is 30.3 Å². The van der Waals surface area contributed by atoms with Gasteiger partial charge in [0.2, 0.25) is 0 Å². The summed E-state index contributed by atoms with van der Waals surface area (Å²) in [6, 6.07) is 20.9. The largest absolute Gasteiger partial charge is 0.465 e. The third-order valence-corrected chi connectivity index (χ3v) is 3.90. The van der Waals surface area contributed by atoms with Crippen LogP contribution in [0.1, 0.15) is 16.1 Å². The highest BCUT2D eigenvalue weighted by molar-refractivity contribution is 6.09. The van der Waals surface area contributed by atoms with Gasteiger partial charge in [0.05, 0.1) is 12.7 Å². The highest BCUT2D eigenvalue weighted by Gasteiger charge is 2.12. The lowest BCUT2D eigenvalue weighted by Gasteiger charge is -2.03. The molecule has 3 aromatic rings. The number of furan rings is 1. The van der Waals surface area contributed by atoms with Gasteiger partial charge in [0.1, 0.15) is 23.2 Å². The van der Waals surface area contributed by atoms with Crippen molar-refractivity contribution in [3.8, 4) is 17.4 Å². The van der Waals surface area contributed by atoms with Gasteiger partial charge in [-0.3, -0.25) is 4.79 Å². The number of amides is 1. The predicted molar refractivity (Wildman–Crippen MR) is 104 cm³/mol. The van der Waals surface area contributed by atoms with Gasteiger partial charge in [-0.25, -0.2) is 4.79 Å². The maximum absolute atomic E-state index is 12.3. The molecule has 0 fully saturated rings. The SMILES string of the molecule is COC(=O)c1ccc(-c2ccc(/C=C(/C#N)C(=O)Nc3ccccc3)o2)cc1. The minimum Gasteiger partial charge on any atom is -0.465 e. The third-order valence-electron chi connectivity index (χ3n) is 3.90. The van der Waals surface area contributed by atoms with Crippen LogP contribution in [-0.4, -0.2) is 19.0 Å². The van der Waals surface area contributed by atoms with E-state index in [1.165, 1.54) is 13.2 Å². The van der Waals surface area contributed by atoms with Crippen molar-refractivity contribution in [2.45, 2.75) is 0 Å². The van der Waals surface area contributed by atoms with Gasteiger partial charge in [0.25, 0.3) is 5.91 Å². The molecule has 0 unspecified atom stereocenters. The summed E-state index contributed by atoms with van der Waals surface area (Å²) >= 11 is 0. The molecule has 0 saturated carbocycles. The van der Waals surface area contributed by atoms with Crippen LogP contribution < -0.4 is 5.32 Å². The molecule has 1 amide bonds. The van der Waals surface area contributed by atoms with Gasteiger partial charge in [-0.05, 0) is 36.4 Å². The number of rotatable bonds is 5. The van der Waals surface area contributed by atoms with Crippen LogP contribution in [0.3, 0.4) is 0 Å². The van der Waals surface area contributed by atoms with Gasteiger partial charge in [-0.2, -0.15) is 5.26 Å². The van der Waals surface area contributed by atoms with Crippen LogP contribution in [0.4, 0.5) is 5.69 Å². The molecule has 0 aliphatic heterocycles. The first-order valence-electron chi connectivity index (χ1n) is 8.37. The standard InChI is InChI=1S/C22H16N2O4/c1-27-22(26)16-9-7-15(8-10-16)20-12-11-19(28-20)13-17(14-23)21(25)24-18-5-3-2-4-6-18/h2-13H,1H3,(H,24,25)/b17-13-. The first kappa shape index (κ1) is 18.7. The second kappa shape index (κ2) is 8.52. The maximum atomic E-state index is 12.3. The number of benzene rings is 2. The molecule has 0 aliphatic carbocycles. The van der Waals surface area contributed by atoms with Gasteiger partial charge in [0, 0.05) is 17.3 Å². The number of carbonyl (C=O) groups excluding carboxylic acids is 2. The molecule has 3 rings (SSSR count). The fourth-order valence-electron chi connectivity index (χ4n) is 2.48. The number of nitrogens with zero attached hydrogens (tertiary/aromatic N) is 1. The molecule has 28 heavy (non-hydrogen) atoms. The second-order valence-corrected chi connectivity index (χ2v) is 5.76. The molecule has 0 atom stereocenters. The fourth-order valence-corrected chi connectivity index (χ4v) is 2.48. The van der Waals surface area contributed by atoms with E-state index >= 15 is 0 Å². The van der Waals surface area contributed by atoms with E-state index in [1.807, 2.05) is 12.1 Å². The Kier molecular flexibility index (Phi) is 5.68. The van der Waals surface area contributed by atoms with E-state index in [4.69, 9.17) is 4.42 Å². The lowest BCUT2D eigenvalue weighted by Crippen LogP contribution is -2.13. The van der Waals surface area contributed by atoms with Crippen molar-refractivity contribution in [3.05, 3.63) is 83.6 Å².